The Morgan fingerprint density at radius 1 is 1.32 bits per heavy atom. The van der Waals surface area contributed by atoms with Gasteiger partial charge in [0.1, 0.15) is 23.0 Å². The van der Waals surface area contributed by atoms with E-state index < -0.39 is 23.1 Å². The van der Waals surface area contributed by atoms with Gasteiger partial charge in [-0.1, -0.05) is 11.6 Å². The van der Waals surface area contributed by atoms with Crippen molar-refractivity contribution in [2.75, 3.05) is 0 Å². The topological polar surface area (TPSA) is 78.1 Å². The van der Waals surface area contributed by atoms with Crippen molar-refractivity contribution in [3.63, 3.8) is 0 Å². The number of primary amides is 1. The third-order valence-corrected chi connectivity index (χ3v) is 4.28. The molecule has 2 N–H and O–H groups in total. The van der Waals surface area contributed by atoms with Crippen molar-refractivity contribution < 1.29 is 18.3 Å². The Morgan fingerprint density at radius 2 is 2.12 bits per heavy atom. The first-order chi connectivity index (χ1) is 12.0. The van der Waals surface area contributed by atoms with Crippen molar-refractivity contribution in [2.45, 2.75) is 6.61 Å². The smallest absolute Gasteiger partial charge is 0.254 e. The summed E-state index contributed by atoms with van der Waals surface area (Å²) in [4.78, 5) is 19.5. The number of carbonyl (C=O) groups excluding carboxylic acids is 1. The lowest BCUT2D eigenvalue weighted by molar-refractivity contribution is 0.0991. The van der Waals surface area contributed by atoms with E-state index in [0.717, 1.165) is 12.1 Å². The summed E-state index contributed by atoms with van der Waals surface area (Å²) in [6, 6.07) is 3.66. The highest BCUT2D eigenvalue weighted by Crippen LogP contribution is 2.29. The monoisotopic (exact) mass is 381 g/mol. The zero-order chi connectivity index (χ0) is 18.0. The second-order valence-corrected chi connectivity index (χ2v) is 6.20. The van der Waals surface area contributed by atoms with Gasteiger partial charge in [-0.25, -0.2) is 13.8 Å². The molecule has 2 heterocycles. The van der Waals surface area contributed by atoms with Gasteiger partial charge in [0.25, 0.3) is 5.91 Å². The Morgan fingerprint density at radius 3 is 2.80 bits per heavy atom. The maximum Gasteiger partial charge on any atom is 0.254 e. The van der Waals surface area contributed by atoms with E-state index in [4.69, 9.17) is 22.1 Å². The minimum atomic E-state index is -1.21. The van der Waals surface area contributed by atoms with Crippen molar-refractivity contribution in [1.29, 1.82) is 0 Å². The van der Waals surface area contributed by atoms with Gasteiger partial charge in [0, 0.05) is 23.3 Å². The quantitative estimate of drug-likeness (QED) is 0.728. The molecular weight excluding hydrogens is 372 g/mol. The van der Waals surface area contributed by atoms with Crippen LogP contribution < -0.4 is 10.5 Å². The predicted molar refractivity (Wildman–Crippen MR) is 89.6 cm³/mol. The van der Waals surface area contributed by atoms with Crippen molar-refractivity contribution in [3.05, 3.63) is 63.9 Å². The highest BCUT2D eigenvalue weighted by Gasteiger charge is 2.20. The van der Waals surface area contributed by atoms with Gasteiger partial charge in [0.2, 0.25) is 0 Å². The molecule has 0 unspecified atom stereocenters. The Hall–Kier alpha value is -2.58. The minimum Gasteiger partial charge on any atom is -0.484 e. The third-order valence-electron chi connectivity index (χ3n) is 3.27. The summed E-state index contributed by atoms with van der Waals surface area (Å²) in [6.45, 7) is -0.132. The van der Waals surface area contributed by atoms with Crippen LogP contribution in [0, 0.1) is 11.6 Å². The number of thiazole rings is 1. The third kappa shape index (κ3) is 3.59. The molecule has 25 heavy (non-hydrogen) atoms. The van der Waals surface area contributed by atoms with Gasteiger partial charge in [-0.2, -0.15) is 0 Å². The van der Waals surface area contributed by atoms with Gasteiger partial charge in [-0.3, -0.25) is 9.78 Å². The molecule has 9 heteroatoms. The normalized spacial score (nSPS) is 10.7. The zero-order valence-electron chi connectivity index (χ0n) is 12.5. The first kappa shape index (κ1) is 17.2. The van der Waals surface area contributed by atoms with E-state index >= 15 is 0 Å². The zero-order valence-corrected chi connectivity index (χ0v) is 14.1. The van der Waals surface area contributed by atoms with Crippen LogP contribution in [0.2, 0.25) is 5.02 Å². The van der Waals surface area contributed by atoms with Crippen LogP contribution in [0.3, 0.4) is 0 Å². The lowest BCUT2D eigenvalue weighted by atomic mass is 10.1. The number of benzene rings is 1. The van der Waals surface area contributed by atoms with E-state index in [2.05, 4.69) is 9.97 Å². The van der Waals surface area contributed by atoms with Crippen LogP contribution in [0.15, 0.2) is 36.0 Å². The summed E-state index contributed by atoms with van der Waals surface area (Å²) in [6.07, 6.45) is 3.05. The SMILES string of the molecule is NC(=O)c1c(F)ccc(OCc2ncc(Cl)cc2-c2nccs2)c1F. The highest BCUT2D eigenvalue weighted by atomic mass is 35.5. The molecule has 0 aliphatic carbocycles. The molecule has 3 rings (SSSR count). The van der Waals surface area contributed by atoms with Crippen LogP contribution in [0.1, 0.15) is 16.1 Å². The summed E-state index contributed by atoms with van der Waals surface area (Å²) in [5, 5.41) is 2.88. The second-order valence-electron chi connectivity index (χ2n) is 4.87. The van der Waals surface area contributed by atoms with Gasteiger partial charge >= 0.3 is 0 Å². The molecule has 2 aromatic heterocycles. The number of hydrogen-bond acceptors (Lipinski definition) is 5. The van der Waals surface area contributed by atoms with Gasteiger partial charge in [-0.05, 0) is 18.2 Å². The average molecular weight is 382 g/mol. The van der Waals surface area contributed by atoms with Crippen LogP contribution >= 0.6 is 22.9 Å². The number of amides is 1. The van der Waals surface area contributed by atoms with E-state index in [1.165, 1.54) is 17.5 Å². The van der Waals surface area contributed by atoms with Crippen molar-refractivity contribution >= 4 is 28.8 Å². The maximum atomic E-state index is 14.2. The van der Waals surface area contributed by atoms with Gasteiger partial charge in [-0.15, -0.1) is 11.3 Å². The minimum absolute atomic E-state index is 0.132. The molecule has 1 aromatic carbocycles. The van der Waals surface area contributed by atoms with Crippen LogP contribution in [0.5, 0.6) is 5.75 Å². The molecule has 0 aliphatic heterocycles. The fraction of sp³-hybridized carbons (Fsp3) is 0.0625. The van der Waals surface area contributed by atoms with Crippen LogP contribution in [0.4, 0.5) is 8.78 Å². The lowest BCUT2D eigenvalue weighted by Crippen LogP contribution is -2.16. The van der Waals surface area contributed by atoms with E-state index in [-0.39, 0.29) is 12.4 Å². The summed E-state index contributed by atoms with van der Waals surface area (Å²) in [5.74, 6) is -3.73. The maximum absolute atomic E-state index is 14.2. The lowest BCUT2D eigenvalue weighted by Gasteiger charge is -2.11. The molecular formula is C16H10ClF2N3O2S. The molecule has 1 amide bonds. The number of halogens is 3. The predicted octanol–water partition coefficient (Wildman–Crippen LogP) is 3.81. The van der Waals surface area contributed by atoms with E-state index in [1.54, 1.807) is 17.6 Å². The molecule has 0 saturated heterocycles. The number of hydrogen-bond donors (Lipinski definition) is 1. The number of nitrogens with two attached hydrogens (primary N) is 1. The molecule has 0 bridgehead atoms. The first-order valence-electron chi connectivity index (χ1n) is 6.92. The van der Waals surface area contributed by atoms with Crippen molar-refractivity contribution in [2.24, 2.45) is 5.73 Å². The highest BCUT2D eigenvalue weighted by molar-refractivity contribution is 7.13. The number of carbonyl (C=O) groups is 1. The molecule has 0 spiro atoms. The molecule has 0 saturated carbocycles. The van der Waals surface area contributed by atoms with Crippen molar-refractivity contribution in [1.82, 2.24) is 9.97 Å². The van der Waals surface area contributed by atoms with E-state index in [0.29, 0.717) is 21.3 Å². The molecule has 3 aromatic rings. The van der Waals surface area contributed by atoms with Crippen molar-refractivity contribution in [3.8, 4) is 16.3 Å². The average Bonchev–Trinajstić information content (AvgIpc) is 3.09. The molecule has 128 valence electrons. The van der Waals surface area contributed by atoms with Crippen LogP contribution in [0.25, 0.3) is 10.6 Å². The largest absolute Gasteiger partial charge is 0.484 e. The Bertz CT molecular complexity index is 935. The van der Waals surface area contributed by atoms with Gasteiger partial charge < -0.3 is 10.5 Å². The fourth-order valence-electron chi connectivity index (χ4n) is 2.14. The van der Waals surface area contributed by atoms with Gasteiger partial charge in [0.05, 0.1) is 10.7 Å². The van der Waals surface area contributed by atoms with Crippen LogP contribution in [-0.4, -0.2) is 15.9 Å². The molecule has 0 radical (unpaired) electrons. The molecule has 0 atom stereocenters. The summed E-state index contributed by atoms with van der Waals surface area (Å²) in [7, 11) is 0. The summed E-state index contributed by atoms with van der Waals surface area (Å²) in [5.41, 5.74) is 5.24. The Balaban J connectivity index is 1.91. The fourth-order valence-corrected chi connectivity index (χ4v) is 2.98. The molecule has 5 nitrogen and oxygen atoms in total. The Labute approximate surface area is 150 Å². The standard InChI is InChI=1S/C16H10ClF2N3O2S/c17-8-5-9(16-21-3-4-25-16)11(22-6-8)7-24-12-2-1-10(18)13(14(12)19)15(20)23/h1-6H,7H2,(H2,20,23). The van der Waals surface area contributed by atoms with E-state index in [1.807, 2.05) is 0 Å². The number of rotatable bonds is 5. The number of pyridine rings is 1. The van der Waals surface area contributed by atoms with E-state index in [9.17, 15) is 13.6 Å². The first-order valence-corrected chi connectivity index (χ1v) is 8.18. The summed E-state index contributed by atoms with van der Waals surface area (Å²) >= 11 is 7.35. The molecule has 0 fully saturated rings. The summed E-state index contributed by atoms with van der Waals surface area (Å²) < 4.78 is 33.1. The Kier molecular flexibility index (Phi) is 4.91. The number of nitrogens with zero attached hydrogens (tertiary/aromatic N) is 2. The number of ether oxygens (including phenoxy) is 1. The number of aromatic nitrogens is 2. The van der Waals surface area contributed by atoms with Crippen LogP contribution in [-0.2, 0) is 6.61 Å². The molecule has 0 aliphatic rings. The second kappa shape index (κ2) is 7.12. The van der Waals surface area contributed by atoms with Gasteiger partial charge in [0.15, 0.2) is 11.6 Å².